The molecule has 1 aliphatic heterocycles. The average Bonchev–Trinajstić information content (AvgIpc) is 3.15. The van der Waals surface area contributed by atoms with Crippen molar-refractivity contribution in [3.8, 4) is 0 Å². The minimum atomic E-state index is -0.514. The Bertz CT molecular complexity index is 410. The van der Waals surface area contributed by atoms with Crippen molar-refractivity contribution in [1.29, 1.82) is 0 Å². The van der Waals surface area contributed by atoms with Gasteiger partial charge in [-0.25, -0.2) is 9.59 Å². The van der Waals surface area contributed by atoms with Crippen molar-refractivity contribution in [2.45, 2.75) is 63.6 Å². The molecule has 0 aromatic carbocycles. The molecule has 22 heavy (non-hydrogen) atoms. The molecule has 1 saturated heterocycles. The van der Waals surface area contributed by atoms with Crippen LogP contribution >= 0.6 is 0 Å². The van der Waals surface area contributed by atoms with Crippen LogP contribution in [0.2, 0.25) is 0 Å². The Kier molecular flexibility index (Phi) is 5.16. The minimum Gasteiger partial charge on any atom is -0.444 e. The van der Waals surface area contributed by atoms with E-state index in [1.54, 1.807) is 0 Å². The standard InChI is InChI=1S/C15H28N4O3/c1-14(2,3)22-13(21)19-15(6-7-15)10-17-12(20)18-11-4-8-16-9-5-11/h11,16H,4-10H2,1-3H3,(H,19,21)(H2,17,18,20). The van der Waals surface area contributed by atoms with E-state index in [1.807, 2.05) is 20.8 Å². The van der Waals surface area contributed by atoms with Crippen molar-refractivity contribution < 1.29 is 14.3 Å². The van der Waals surface area contributed by atoms with Crippen LogP contribution in [0.5, 0.6) is 0 Å². The summed E-state index contributed by atoms with van der Waals surface area (Å²) in [6, 6.07) is 0.0689. The van der Waals surface area contributed by atoms with Gasteiger partial charge in [0, 0.05) is 12.6 Å². The highest BCUT2D eigenvalue weighted by molar-refractivity contribution is 5.75. The molecular formula is C15H28N4O3. The van der Waals surface area contributed by atoms with Gasteiger partial charge in [0.15, 0.2) is 0 Å². The maximum absolute atomic E-state index is 11.9. The zero-order chi connectivity index (χ0) is 16.2. The second-order valence-electron chi connectivity index (χ2n) is 7.26. The molecule has 0 aromatic heterocycles. The molecule has 0 aromatic rings. The Morgan fingerprint density at radius 1 is 1.23 bits per heavy atom. The van der Waals surface area contributed by atoms with Crippen LogP contribution in [0.25, 0.3) is 0 Å². The molecule has 1 aliphatic carbocycles. The summed E-state index contributed by atoms with van der Waals surface area (Å²) in [7, 11) is 0. The molecule has 1 heterocycles. The van der Waals surface area contributed by atoms with Crippen molar-refractivity contribution in [2.24, 2.45) is 0 Å². The van der Waals surface area contributed by atoms with Gasteiger partial charge in [-0.2, -0.15) is 0 Å². The van der Waals surface area contributed by atoms with Crippen LogP contribution in [0.15, 0.2) is 0 Å². The van der Waals surface area contributed by atoms with Crippen LogP contribution in [0, 0.1) is 0 Å². The van der Waals surface area contributed by atoms with Gasteiger partial charge in [0.25, 0.3) is 0 Å². The van der Waals surface area contributed by atoms with Crippen molar-refractivity contribution in [1.82, 2.24) is 21.3 Å². The molecule has 0 atom stereocenters. The normalized spacial score (nSPS) is 20.9. The number of urea groups is 1. The number of piperidine rings is 1. The topological polar surface area (TPSA) is 91.5 Å². The molecule has 7 heteroatoms. The van der Waals surface area contributed by atoms with Crippen molar-refractivity contribution in [3.05, 3.63) is 0 Å². The second kappa shape index (κ2) is 6.73. The van der Waals surface area contributed by atoms with E-state index >= 15 is 0 Å². The van der Waals surface area contributed by atoms with Gasteiger partial charge < -0.3 is 26.0 Å². The molecule has 2 aliphatic rings. The van der Waals surface area contributed by atoms with Crippen LogP contribution in [0.1, 0.15) is 46.5 Å². The molecule has 2 rings (SSSR count). The number of rotatable bonds is 4. The predicted molar refractivity (Wildman–Crippen MR) is 83.8 cm³/mol. The van der Waals surface area contributed by atoms with Gasteiger partial charge in [-0.15, -0.1) is 0 Å². The van der Waals surface area contributed by atoms with Gasteiger partial charge in [0.1, 0.15) is 5.60 Å². The third-order valence-corrected chi connectivity index (χ3v) is 3.88. The number of ether oxygens (including phenoxy) is 1. The Morgan fingerprint density at radius 2 is 1.86 bits per heavy atom. The number of nitrogens with one attached hydrogen (secondary N) is 4. The Balaban J connectivity index is 1.69. The maximum atomic E-state index is 11.9. The molecule has 0 bridgehead atoms. The number of hydrogen-bond acceptors (Lipinski definition) is 4. The summed E-state index contributed by atoms with van der Waals surface area (Å²) >= 11 is 0. The summed E-state index contributed by atoms with van der Waals surface area (Å²) in [6.07, 6.45) is 3.20. The molecular weight excluding hydrogens is 284 g/mol. The van der Waals surface area contributed by atoms with Crippen LogP contribution in [0.4, 0.5) is 9.59 Å². The van der Waals surface area contributed by atoms with Crippen LogP contribution < -0.4 is 21.3 Å². The average molecular weight is 312 g/mol. The number of carbonyl (C=O) groups is 2. The van der Waals surface area contributed by atoms with E-state index < -0.39 is 11.7 Å². The Morgan fingerprint density at radius 3 is 2.41 bits per heavy atom. The zero-order valence-electron chi connectivity index (χ0n) is 13.8. The van der Waals surface area contributed by atoms with E-state index in [1.165, 1.54) is 0 Å². The van der Waals surface area contributed by atoms with Gasteiger partial charge in [0.05, 0.1) is 5.54 Å². The summed E-state index contributed by atoms with van der Waals surface area (Å²) in [5.74, 6) is 0. The smallest absolute Gasteiger partial charge is 0.408 e. The number of amides is 3. The fourth-order valence-electron chi connectivity index (χ4n) is 2.47. The molecule has 126 valence electrons. The van der Waals surface area contributed by atoms with E-state index in [4.69, 9.17) is 4.74 Å². The lowest BCUT2D eigenvalue weighted by molar-refractivity contribution is 0.0496. The lowest BCUT2D eigenvalue weighted by atomic mass is 10.1. The van der Waals surface area contributed by atoms with E-state index in [0.29, 0.717) is 6.54 Å². The summed E-state index contributed by atoms with van der Waals surface area (Å²) in [6.45, 7) is 7.80. The van der Waals surface area contributed by atoms with Gasteiger partial charge in [0.2, 0.25) is 0 Å². The van der Waals surface area contributed by atoms with E-state index in [2.05, 4.69) is 21.3 Å². The van der Waals surface area contributed by atoms with Gasteiger partial charge in [-0.05, 0) is 59.5 Å². The van der Waals surface area contributed by atoms with Crippen molar-refractivity contribution >= 4 is 12.1 Å². The molecule has 0 spiro atoms. The molecule has 0 unspecified atom stereocenters. The van der Waals surface area contributed by atoms with Crippen molar-refractivity contribution in [2.75, 3.05) is 19.6 Å². The first-order valence-electron chi connectivity index (χ1n) is 8.04. The van der Waals surface area contributed by atoms with Gasteiger partial charge in [-0.1, -0.05) is 0 Å². The first-order valence-corrected chi connectivity index (χ1v) is 8.04. The molecule has 7 nitrogen and oxygen atoms in total. The number of carbonyl (C=O) groups excluding carboxylic acids is 2. The van der Waals surface area contributed by atoms with Crippen LogP contribution in [-0.4, -0.2) is 48.9 Å². The van der Waals surface area contributed by atoms with E-state index in [0.717, 1.165) is 38.8 Å². The van der Waals surface area contributed by atoms with E-state index in [-0.39, 0.29) is 17.6 Å². The lowest BCUT2D eigenvalue weighted by Gasteiger charge is -2.25. The third kappa shape index (κ3) is 5.71. The third-order valence-electron chi connectivity index (χ3n) is 3.88. The lowest BCUT2D eigenvalue weighted by Crippen LogP contribution is -2.52. The Hall–Kier alpha value is -1.50. The van der Waals surface area contributed by atoms with Gasteiger partial charge >= 0.3 is 12.1 Å². The predicted octanol–water partition coefficient (Wildman–Crippen LogP) is 1.09. The maximum Gasteiger partial charge on any atom is 0.408 e. The summed E-state index contributed by atoms with van der Waals surface area (Å²) in [4.78, 5) is 23.7. The molecule has 4 N–H and O–H groups in total. The second-order valence-corrected chi connectivity index (χ2v) is 7.26. The SMILES string of the molecule is CC(C)(C)OC(=O)NC1(CNC(=O)NC2CCNCC2)CC1. The zero-order valence-corrected chi connectivity index (χ0v) is 13.8. The summed E-state index contributed by atoms with van der Waals surface area (Å²) < 4.78 is 5.26. The van der Waals surface area contributed by atoms with Crippen LogP contribution in [0.3, 0.4) is 0 Å². The monoisotopic (exact) mass is 312 g/mol. The minimum absolute atomic E-state index is 0.163. The highest BCUT2D eigenvalue weighted by Gasteiger charge is 2.45. The largest absolute Gasteiger partial charge is 0.444 e. The molecule has 0 radical (unpaired) electrons. The summed E-state index contributed by atoms with van der Waals surface area (Å²) in [5.41, 5.74) is -0.853. The Labute approximate surface area is 131 Å². The fourth-order valence-corrected chi connectivity index (χ4v) is 2.47. The van der Waals surface area contributed by atoms with Crippen molar-refractivity contribution in [3.63, 3.8) is 0 Å². The number of alkyl carbamates (subject to hydrolysis) is 1. The highest BCUT2D eigenvalue weighted by Crippen LogP contribution is 2.34. The quantitative estimate of drug-likeness (QED) is 0.625. The fraction of sp³-hybridized carbons (Fsp3) is 0.867. The van der Waals surface area contributed by atoms with Crippen LogP contribution in [-0.2, 0) is 4.74 Å². The first kappa shape index (κ1) is 16.9. The number of hydrogen-bond donors (Lipinski definition) is 4. The molecule has 2 fully saturated rings. The molecule has 3 amide bonds. The van der Waals surface area contributed by atoms with E-state index in [9.17, 15) is 9.59 Å². The van der Waals surface area contributed by atoms with Gasteiger partial charge in [-0.3, -0.25) is 0 Å². The summed E-state index contributed by atoms with van der Waals surface area (Å²) in [5, 5.41) is 12.0. The highest BCUT2D eigenvalue weighted by atomic mass is 16.6. The molecule has 1 saturated carbocycles. The first-order chi connectivity index (χ1) is 10.3.